The molecule has 1 N–H and O–H groups in total. The summed E-state index contributed by atoms with van der Waals surface area (Å²) in [4.78, 5) is 47.7. The van der Waals surface area contributed by atoms with Gasteiger partial charge in [0, 0.05) is 42.0 Å². The van der Waals surface area contributed by atoms with E-state index in [1.165, 1.54) is 29.2 Å². The average molecular weight is 498 g/mol. The van der Waals surface area contributed by atoms with Crippen LogP contribution in [0.4, 0.5) is 11.5 Å². The van der Waals surface area contributed by atoms with Crippen molar-refractivity contribution in [3.8, 4) is 0 Å². The molecule has 1 fully saturated rings. The van der Waals surface area contributed by atoms with Crippen LogP contribution in [-0.2, 0) is 4.79 Å². The number of aryl methyl sites for hydroxylation is 2. The van der Waals surface area contributed by atoms with Crippen LogP contribution in [0, 0.1) is 29.9 Å². The lowest BCUT2D eigenvalue weighted by Crippen LogP contribution is -2.43. The summed E-state index contributed by atoms with van der Waals surface area (Å²) in [6, 6.07) is 8.10. The van der Waals surface area contributed by atoms with E-state index in [-0.39, 0.29) is 35.5 Å². The Bertz CT molecular complexity index is 1230. The largest absolute Gasteiger partial charge is 0.338 e. The summed E-state index contributed by atoms with van der Waals surface area (Å²) in [5.74, 6) is -0.419. The van der Waals surface area contributed by atoms with E-state index in [0.717, 1.165) is 11.3 Å². The Morgan fingerprint density at radius 3 is 2.76 bits per heavy atom. The van der Waals surface area contributed by atoms with Crippen molar-refractivity contribution in [2.75, 3.05) is 18.4 Å². The fourth-order valence-corrected chi connectivity index (χ4v) is 5.56. The number of nitrogens with one attached hydrogen (secondary N) is 1. The van der Waals surface area contributed by atoms with Crippen LogP contribution in [0.2, 0.25) is 0 Å². The van der Waals surface area contributed by atoms with Gasteiger partial charge >= 0.3 is 0 Å². The zero-order chi connectivity index (χ0) is 24.2. The number of hydrogen-bond acceptors (Lipinski definition) is 8. The number of nitrogens with zero attached hydrogens (tertiary/aromatic N) is 4. The quantitative estimate of drug-likeness (QED) is 0.387. The third kappa shape index (κ3) is 5.60. The van der Waals surface area contributed by atoms with E-state index in [4.69, 9.17) is 0 Å². The van der Waals surface area contributed by atoms with E-state index in [9.17, 15) is 19.7 Å². The molecule has 11 heteroatoms. The molecule has 34 heavy (non-hydrogen) atoms. The molecule has 1 saturated heterocycles. The first-order chi connectivity index (χ1) is 16.3. The van der Waals surface area contributed by atoms with Crippen molar-refractivity contribution >= 4 is 46.4 Å². The van der Waals surface area contributed by atoms with Crippen LogP contribution in [0.1, 0.15) is 34.5 Å². The van der Waals surface area contributed by atoms with Gasteiger partial charge in [-0.1, -0.05) is 17.8 Å². The van der Waals surface area contributed by atoms with Crippen molar-refractivity contribution in [2.45, 2.75) is 35.9 Å². The number of carbonyl (C=O) groups excluding carboxylic acids is 2. The summed E-state index contributed by atoms with van der Waals surface area (Å²) >= 11 is 2.62. The van der Waals surface area contributed by atoms with Gasteiger partial charge in [0.1, 0.15) is 5.82 Å². The van der Waals surface area contributed by atoms with Crippen LogP contribution in [0.15, 0.2) is 51.1 Å². The Labute approximate surface area is 204 Å². The SMILES string of the molecule is Cc1ccc(NC(=O)C2CCCN(C(=O)c3ccc(Sc4nc(C)cs4)c([N+](=O)[O-])c3)C2)nc1. The van der Waals surface area contributed by atoms with Crippen LogP contribution in [0.3, 0.4) is 0 Å². The number of nitro groups is 1. The van der Waals surface area contributed by atoms with Crippen molar-refractivity contribution in [1.82, 2.24) is 14.9 Å². The number of benzene rings is 1. The normalized spacial score (nSPS) is 15.7. The number of aromatic nitrogens is 2. The van der Waals surface area contributed by atoms with Crippen LogP contribution < -0.4 is 5.32 Å². The first kappa shape index (κ1) is 23.8. The summed E-state index contributed by atoms with van der Waals surface area (Å²) in [6.45, 7) is 4.52. The van der Waals surface area contributed by atoms with Crippen molar-refractivity contribution < 1.29 is 14.5 Å². The summed E-state index contributed by atoms with van der Waals surface area (Å²) in [5.41, 5.74) is 1.93. The highest BCUT2D eigenvalue weighted by Gasteiger charge is 2.30. The lowest BCUT2D eigenvalue weighted by atomic mass is 9.96. The highest BCUT2D eigenvalue weighted by molar-refractivity contribution is 8.01. The number of rotatable bonds is 6. The fraction of sp³-hybridized carbons (Fsp3) is 0.304. The molecule has 1 aliphatic heterocycles. The van der Waals surface area contributed by atoms with Crippen LogP contribution in [0.5, 0.6) is 0 Å². The van der Waals surface area contributed by atoms with Crippen molar-refractivity contribution in [2.24, 2.45) is 5.92 Å². The zero-order valence-electron chi connectivity index (χ0n) is 18.7. The molecule has 0 saturated carbocycles. The van der Waals surface area contributed by atoms with Crippen molar-refractivity contribution in [1.29, 1.82) is 0 Å². The Morgan fingerprint density at radius 2 is 2.09 bits per heavy atom. The molecule has 1 atom stereocenters. The molecule has 9 nitrogen and oxygen atoms in total. The van der Waals surface area contributed by atoms with Gasteiger partial charge in [-0.05, 0) is 50.5 Å². The van der Waals surface area contributed by atoms with Gasteiger partial charge in [0.25, 0.3) is 11.6 Å². The summed E-state index contributed by atoms with van der Waals surface area (Å²) in [7, 11) is 0. The summed E-state index contributed by atoms with van der Waals surface area (Å²) < 4.78 is 0.702. The van der Waals surface area contributed by atoms with Gasteiger partial charge in [-0.3, -0.25) is 19.7 Å². The predicted octanol–water partition coefficient (Wildman–Crippen LogP) is 4.71. The molecule has 0 spiro atoms. The molecular weight excluding hydrogens is 474 g/mol. The van der Waals surface area contributed by atoms with E-state index >= 15 is 0 Å². The van der Waals surface area contributed by atoms with Crippen LogP contribution in [-0.4, -0.2) is 44.7 Å². The van der Waals surface area contributed by atoms with Gasteiger partial charge in [-0.2, -0.15) is 0 Å². The summed E-state index contributed by atoms with van der Waals surface area (Å²) in [5, 5.41) is 16.4. The maximum Gasteiger partial charge on any atom is 0.284 e. The Kier molecular flexibility index (Phi) is 7.23. The predicted molar refractivity (Wildman–Crippen MR) is 130 cm³/mol. The minimum Gasteiger partial charge on any atom is -0.338 e. The first-order valence-corrected chi connectivity index (χ1v) is 12.4. The number of anilines is 1. The number of likely N-dealkylation sites (tertiary alicyclic amines) is 1. The molecule has 1 aromatic carbocycles. The highest BCUT2D eigenvalue weighted by Crippen LogP contribution is 2.37. The lowest BCUT2D eigenvalue weighted by molar-refractivity contribution is -0.387. The second kappa shape index (κ2) is 10.3. The van der Waals surface area contributed by atoms with E-state index in [1.807, 2.05) is 25.3 Å². The number of piperidine rings is 1. The van der Waals surface area contributed by atoms with E-state index in [0.29, 0.717) is 34.4 Å². The Hall–Kier alpha value is -3.31. The third-order valence-corrected chi connectivity index (χ3v) is 7.56. The molecular formula is C23H23N5O4S2. The fourth-order valence-electron chi connectivity index (χ4n) is 3.68. The van der Waals surface area contributed by atoms with E-state index < -0.39 is 4.92 Å². The second-order valence-corrected chi connectivity index (χ2v) is 10.2. The second-order valence-electron chi connectivity index (χ2n) is 8.10. The molecule has 3 heterocycles. The topological polar surface area (TPSA) is 118 Å². The number of carbonyl (C=O) groups is 2. The molecule has 176 valence electrons. The molecule has 0 bridgehead atoms. The third-order valence-electron chi connectivity index (χ3n) is 5.44. The molecule has 1 unspecified atom stereocenters. The van der Waals surface area contributed by atoms with Crippen molar-refractivity contribution in [3.63, 3.8) is 0 Å². The molecule has 0 radical (unpaired) electrons. The van der Waals surface area contributed by atoms with Gasteiger partial charge in [0.2, 0.25) is 5.91 Å². The zero-order valence-corrected chi connectivity index (χ0v) is 20.3. The Morgan fingerprint density at radius 1 is 1.26 bits per heavy atom. The monoisotopic (exact) mass is 497 g/mol. The van der Waals surface area contributed by atoms with Gasteiger partial charge in [-0.25, -0.2) is 9.97 Å². The van der Waals surface area contributed by atoms with Crippen LogP contribution in [0.25, 0.3) is 0 Å². The van der Waals surface area contributed by atoms with Crippen molar-refractivity contribution in [3.05, 3.63) is 68.8 Å². The average Bonchev–Trinajstić information content (AvgIpc) is 3.24. The Balaban J connectivity index is 1.46. The maximum atomic E-state index is 13.2. The lowest BCUT2D eigenvalue weighted by Gasteiger charge is -2.32. The molecule has 4 rings (SSSR count). The molecule has 3 aromatic rings. The molecule has 2 amide bonds. The number of pyridine rings is 1. The van der Waals surface area contributed by atoms with Gasteiger partial charge in [-0.15, -0.1) is 11.3 Å². The molecule has 0 aliphatic carbocycles. The highest BCUT2D eigenvalue weighted by atomic mass is 32.2. The van der Waals surface area contributed by atoms with Gasteiger partial charge < -0.3 is 10.2 Å². The van der Waals surface area contributed by atoms with Gasteiger partial charge in [0.05, 0.1) is 15.7 Å². The first-order valence-electron chi connectivity index (χ1n) is 10.7. The number of amides is 2. The number of nitro benzene ring substituents is 1. The maximum absolute atomic E-state index is 13.2. The molecule has 1 aliphatic rings. The number of hydrogen-bond donors (Lipinski definition) is 1. The van der Waals surface area contributed by atoms with E-state index in [1.54, 1.807) is 29.3 Å². The summed E-state index contributed by atoms with van der Waals surface area (Å²) in [6.07, 6.45) is 3.01. The minimum atomic E-state index is -0.486. The number of thiazole rings is 1. The van der Waals surface area contributed by atoms with Crippen LogP contribution >= 0.6 is 23.1 Å². The van der Waals surface area contributed by atoms with Gasteiger partial charge in [0.15, 0.2) is 4.34 Å². The van der Waals surface area contributed by atoms with E-state index in [2.05, 4.69) is 15.3 Å². The molecule has 2 aromatic heterocycles. The minimum absolute atomic E-state index is 0.138. The smallest absolute Gasteiger partial charge is 0.284 e. The standard InChI is InChI=1S/C23H23N5O4S2/c1-14-5-8-20(24-11-14)26-21(29)17-4-3-9-27(12-17)22(30)16-6-7-19(18(10-16)28(31)32)34-23-25-15(2)13-33-23/h5-8,10-11,13,17H,3-4,9,12H2,1-2H3,(H,24,26,29).